The zero-order chi connectivity index (χ0) is 25.3. The van der Waals surface area contributed by atoms with Gasteiger partial charge in [-0.05, 0) is 63.1 Å². The van der Waals surface area contributed by atoms with Gasteiger partial charge in [-0.1, -0.05) is 0 Å². The van der Waals surface area contributed by atoms with Crippen LogP contribution in [0, 0.1) is 11.3 Å². The minimum absolute atomic E-state index is 0.176. The van der Waals surface area contributed by atoms with E-state index in [2.05, 4.69) is 36.1 Å². The van der Waals surface area contributed by atoms with E-state index >= 15 is 0 Å². The Kier molecular flexibility index (Phi) is 6.08. The maximum atomic E-state index is 9.46. The molecule has 1 aliphatic heterocycles. The second-order valence-electron chi connectivity index (χ2n) is 9.46. The van der Waals surface area contributed by atoms with Gasteiger partial charge in [0.2, 0.25) is 5.89 Å². The fourth-order valence-electron chi connectivity index (χ4n) is 4.18. The molecule has 0 spiro atoms. The lowest BCUT2D eigenvalue weighted by Crippen LogP contribution is -2.42. The predicted molar refractivity (Wildman–Crippen MR) is 136 cm³/mol. The molecule has 10 heteroatoms. The number of nitrogens with zero attached hydrogens (tertiary/aromatic N) is 7. The molecule has 4 N–H and O–H groups in total. The second-order valence-corrected chi connectivity index (χ2v) is 9.46. The highest BCUT2D eigenvalue weighted by Gasteiger charge is 2.23. The van der Waals surface area contributed by atoms with Crippen LogP contribution in [-0.2, 0) is 5.41 Å². The molecule has 3 aromatic heterocycles. The summed E-state index contributed by atoms with van der Waals surface area (Å²) < 4.78 is 5.93. The number of nitrogens with two attached hydrogens (primary N) is 2. The number of hydrogen-bond acceptors (Lipinski definition) is 10. The van der Waals surface area contributed by atoms with E-state index in [0.29, 0.717) is 23.0 Å². The summed E-state index contributed by atoms with van der Waals surface area (Å²) in [4.78, 5) is 15.5. The van der Waals surface area contributed by atoms with Crippen molar-refractivity contribution in [1.82, 2.24) is 25.1 Å². The Morgan fingerprint density at radius 2 is 1.86 bits per heavy atom. The van der Waals surface area contributed by atoms with E-state index in [4.69, 9.17) is 15.9 Å². The molecule has 0 saturated carbocycles. The molecule has 4 aromatic rings. The number of piperidine rings is 1. The van der Waals surface area contributed by atoms with Gasteiger partial charge in [-0.2, -0.15) is 5.26 Å². The first-order valence-corrected chi connectivity index (χ1v) is 11.8. The summed E-state index contributed by atoms with van der Waals surface area (Å²) in [5, 5.41) is 17.8. The standard InChI is InChI=1S/C26H27N9O/c1-26(2,15-27)21-12-17(9-10-30-21)20-13-31-23(29)22(32-20)25-34-33-24(36-25)16-5-7-19(8-6-16)35-11-3-4-18(28)14-35/h5-10,12-13,18H,3-4,11,14,28H2,1-2H3,(H2,29,31). The van der Waals surface area contributed by atoms with Crippen LogP contribution < -0.4 is 16.4 Å². The molecule has 10 nitrogen and oxygen atoms in total. The Balaban J connectivity index is 1.41. The first-order valence-electron chi connectivity index (χ1n) is 11.8. The molecule has 1 aromatic carbocycles. The third kappa shape index (κ3) is 4.61. The summed E-state index contributed by atoms with van der Waals surface area (Å²) >= 11 is 0. The van der Waals surface area contributed by atoms with Crippen LogP contribution in [0.2, 0.25) is 0 Å². The maximum Gasteiger partial charge on any atom is 0.270 e. The van der Waals surface area contributed by atoms with Crippen molar-refractivity contribution in [3.63, 3.8) is 0 Å². The highest BCUT2D eigenvalue weighted by Crippen LogP contribution is 2.30. The van der Waals surface area contributed by atoms with Crippen molar-refractivity contribution in [2.75, 3.05) is 23.7 Å². The minimum atomic E-state index is -0.739. The molecule has 5 rings (SSSR count). The zero-order valence-corrected chi connectivity index (χ0v) is 20.2. The number of nitrogen functional groups attached to an aromatic ring is 1. The van der Waals surface area contributed by atoms with Gasteiger partial charge >= 0.3 is 0 Å². The fourth-order valence-corrected chi connectivity index (χ4v) is 4.18. The molecule has 1 fully saturated rings. The summed E-state index contributed by atoms with van der Waals surface area (Å²) in [5.41, 5.74) is 15.6. The van der Waals surface area contributed by atoms with Gasteiger partial charge in [0.05, 0.1) is 29.1 Å². The normalized spacial score (nSPS) is 16.1. The highest BCUT2D eigenvalue weighted by atomic mass is 16.4. The molecule has 4 heterocycles. The summed E-state index contributed by atoms with van der Waals surface area (Å²) in [6, 6.07) is 14.1. The van der Waals surface area contributed by atoms with E-state index in [1.165, 1.54) is 0 Å². The van der Waals surface area contributed by atoms with Gasteiger partial charge in [-0.3, -0.25) is 4.98 Å². The van der Waals surface area contributed by atoms with Gasteiger partial charge < -0.3 is 20.8 Å². The van der Waals surface area contributed by atoms with Crippen molar-refractivity contribution in [2.45, 2.75) is 38.1 Å². The van der Waals surface area contributed by atoms with Gasteiger partial charge in [-0.15, -0.1) is 10.2 Å². The molecule has 0 bridgehead atoms. The van der Waals surface area contributed by atoms with Gasteiger partial charge in [0.25, 0.3) is 5.89 Å². The molecular weight excluding hydrogens is 454 g/mol. The first kappa shape index (κ1) is 23.4. The Hall–Kier alpha value is -4.36. The van der Waals surface area contributed by atoms with Crippen molar-refractivity contribution >= 4 is 11.5 Å². The smallest absolute Gasteiger partial charge is 0.270 e. The van der Waals surface area contributed by atoms with Crippen molar-refractivity contribution in [2.24, 2.45) is 5.73 Å². The van der Waals surface area contributed by atoms with E-state index in [9.17, 15) is 5.26 Å². The summed E-state index contributed by atoms with van der Waals surface area (Å²) in [6.45, 7) is 5.48. The lowest BCUT2D eigenvalue weighted by atomic mass is 9.90. The van der Waals surface area contributed by atoms with Crippen LogP contribution in [0.3, 0.4) is 0 Å². The van der Waals surface area contributed by atoms with Crippen molar-refractivity contribution in [1.29, 1.82) is 5.26 Å². The number of pyridine rings is 1. The van der Waals surface area contributed by atoms with E-state index in [0.717, 1.165) is 42.7 Å². The lowest BCUT2D eigenvalue weighted by molar-refractivity contribution is 0.506. The highest BCUT2D eigenvalue weighted by molar-refractivity contribution is 5.69. The average Bonchev–Trinajstić information content (AvgIpc) is 3.39. The number of benzene rings is 1. The number of rotatable bonds is 5. The zero-order valence-electron chi connectivity index (χ0n) is 20.2. The van der Waals surface area contributed by atoms with E-state index in [1.54, 1.807) is 18.5 Å². The Morgan fingerprint density at radius 3 is 2.61 bits per heavy atom. The maximum absolute atomic E-state index is 9.46. The van der Waals surface area contributed by atoms with Crippen LogP contribution in [0.15, 0.2) is 53.2 Å². The Morgan fingerprint density at radius 1 is 1.08 bits per heavy atom. The second kappa shape index (κ2) is 9.36. The monoisotopic (exact) mass is 481 g/mol. The third-order valence-corrected chi connectivity index (χ3v) is 6.34. The molecule has 1 aliphatic rings. The average molecular weight is 482 g/mol. The minimum Gasteiger partial charge on any atom is -0.414 e. The topological polar surface area (TPSA) is 157 Å². The van der Waals surface area contributed by atoms with Crippen molar-refractivity contribution in [3.8, 4) is 40.4 Å². The molecule has 1 saturated heterocycles. The van der Waals surface area contributed by atoms with E-state index < -0.39 is 5.41 Å². The molecule has 1 atom stereocenters. The van der Waals surface area contributed by atoms with E-state index in [-0.39, 0.29) is 17.8 Å². The molecule has 0 radical (unpaired) electrons. The number of hydrogen-bond donors (Lipinski definition) is 2. The number of nitriles is 1. The van der Waals surface area contributed by atoms with Crippen molar-refractivity contribution in [3.05, 3.63) is 54.5 Å². The fraction of sp³-hybridized carbons (Fsp3) is 0.308. The van der Waals surface area contributed by atoms with Crippen LogP contribution >= 0.6 is 0 Å². The van der Waals surface area contributed by atoms with Gasteiger partial charge in [0, 0.05) is 42.1 Å². The molecule has 182 valence electrons. The molecule has 0 amide bonds. The van der Waals surface area contributed by atoms with Crippen LogP contribution in [0.25, 0.3) is 34.3 Å². The molecule has 1 unspecified atom stereocenters. The van der Waals surface area contributed by atoms with Crippen LogP contribution in [0.5, 0.6) is 0 Å². The van der Waals surface area contributed by atoms with Crippen molar-refractivity contribution < 1.29 is 4.42 Å². The van der Waals surface area contributed by atoms with Gasteiger partial charge in [-0.25, -0.2) is 9.97 Å². The quantitative estimate of drug-likeness (QED) is 0.432. The molecular formula is C26H27N9O. The lowest BCUT2D eigenvalue weighted by Gasteiger charge is -2.32. The Labute approximate surface area is 209 Å². The predicted octanol–water partition coefficient (Wildman–Crippen LogP) is 3.57. The molecule has 36 heavy (non-hydrogen) atoms. The SMILES string of the molecule is CC(C)(C#N)c1cc(-c2cnc(N)c(-c3nnc(-c4ccc(N5CCCC(N)C5)cc4)o3)n2)ccn1. The number of aromatic nitrogens is 5. The summed E-state index contributed by atoms with van der Waals surface area (Å²) in [7, 11) is 0. The van der Waals surface area contributed by atoms with Gasteiger partial charge in [0.15, 0.2) is 11.5 Å². The summed E-state index contributed by atoms with van der Waals surface area (Å²) in [5.74, 6) is 0.715. The largest absolute Gasteiger partial charge is 0.414 e. The van der Waals surface area contributed by atoms with Crippen LogP contribution in [-0.4, -0.2) is 44.3 Å². The molecule has 0 aliphatic carbocycles. The van der Waals surface area contributed by atoms with Crippen LogP contribution in [0.4, 0.5) is 11.5 Å². The third-order valence-electron chi connectivity index (χ3n) is 6.34. The van der Waals surface area contributed by atoms with Gasteiger partial charge in [0.1, 0.15) is 0 Å². The first-order chi connectivity index (χ1) is 17.3. The van der Waals surface area contributed by atoms with E-state index in [1.807, 2.05) is 44.2 Å². The summed E-state index contributed by atoms with van der Waals surface area (Å²) in [6.07, 6.45) is 5.37. The number of anilines is 2. The van der Waals surface area contributed by atoms with Crippen LogP contribution in [0.1, 0.15) is 32.4 Å². The Bertz CT molecular complexity index is 1420.